The van der Waals surface area contributed by atoms with Gasteiger partial charge in [-0.3, -0.25) is 67.8 Å². The predicted molar refractivity (Wildman–Crippen MR) is 539 cm³/mol. The van der Waals surface area contributed by atoms with Crippen LogP contribution in [0.1, 0.15) is 207 Å². The van der Waals surface area contributed by atoms with Crippen LogP contribution in [0, 0.1) is 6.92 Å². The van der Waals surface area contributed by atoms with Gasteiger partial charge >= 0.3 is 0 Å². The Balaban J connectivity index is 0.000000159. The Hall–Kier alpha value is -14.5. The van der Waals surface area contributed by atoms with Gasteiger partial charge in [-0.1, -0.05) is 139 Å². The van der Waals surface area contributed by atoms with Gasteiger partial charge in [-0.2, -0.15) is 0 Å². The van der Waals surface area contributed by atoms with E-state index < -0.39 is 18.1 Å². The fraction of sp³-hybridized carbons (Fsp3) is 0.364. The maximum absolute atomic E-state index is 14.4. The van der Waals surface area contributed by atoms with Gasteiger partial charge in [0, 0.05) is 122 Å². The molecule has 3 saturated heterocycles. The smallest absolute Gasteiger partial charge is 0.264 e. The minimum atomic E-state index is -0.608. The van der Waals surface area contributed by atoms with Crippen LogP contribution in [0.2, 0.25) is 0 Å². The molecule has 0 spiro atoms. The van der Waals surface area contributed by atoms with Crippen LogP contribution < -0.4 is 59.1 Å². The van der Waals surface area contributed by atoms with E-state index in [1.54, 1.807) is 92.2 Å². The van der Waals surface area contributed by atoms with E-state index in [0.717, 1.165) is 118 Å². The number of hydrogen-bond acceptors (Lipinski definition) is 25. The molecular formula is C110H127N15O15. The monoisotopic (exact) mass is 1900 g/mol. The average molecular weight is 1900 g/mol. The number of anilines is 4. The van der Waals surface area contributed by atoms with E-state index in [1.165, 1.54) is 37.6 Å². The summed E-state index contributed by atoms with van der Waals surface area (Å²) in [6, 6.07) is 69.7. The number of benzene rings is 9. The number of methoxy groups -OCH3 is 6. The van der Waals surface area contributed by atoms with E-state index in [9.17, 15) is 38.4 Å². The number of rotatable bonds is 37. The molecule has 9 aromatic carbocycles. The Labute approximate surface area is 819 Å². The molecule has 6 atom stereocenters. The molecule has 8 amide bonds. The number of imide groups is 3. The van der Waals surface area contributed by atoms with Gasteiger partial charge in [-0.25, -0.2) is 4.98 Å². The topological polar surface area (TPSA) is 299 Å². The van der Waals surface area contributed by atoms with Crippen molar-refractivity contribution in [2.45, 2.75) is 102 Å². The lowest BCUT2D eigenvalue weighted by Crippen LogP contribution is -2.47. The molecule has 8 heterocycles. The number of nitrogens with one attached hydrogen (secondary N) is 3. The lowest BCUT2D eigenvalue weighted by molar-refractivity contribution is -0.121. The number of piperazine rings is 3. The van der Waals surface area contributed by atoms with Crippen molar-refractivity contribution in [1.82, 2.24) is 55.1 Å². The van der Waals surface area contributed by atoms with Crippen molar-refractivity contribution in [2.75, 3.05) is 181 Å². The number of pyridine rings is 1. The number of aryl methyl sites for hydroxylation is 1. The number of carbonyl (C=O) groups excluding carboxylic acids is 8. The van der Waals surface area contributed by atoms with Crippen molar-refractivity contribution < 1.29 is 71.3 Å². The third-order valence-corrected chi connectivity index (χ3v) is 27.5. The van der Waals surface area contributed by atoms with Gasteiger partial charge in [0.15, 0.2) is 34.5 Å². The first-order valence-corrected chi connectivity index (χ1v) is 48.1. The highest BCUT2D eigenvalue weighted by molar-refractivity contribution is 6.26. The van der Waals surface area contributed by atoms with Crippen molar-refractivity contribution in [1.29, 1.82) is 0 Å². The summed E-state index contributed by atoms with van der Waals surface area (Å²) in [6.07, 6.45) is 6.34. The predicted octanol–water partition coefficient (Wildman–Crippen LogP) is 16.0. The Kier molecular flexibility index (Phi) is 33.4. The first-order chi connectivity index (χ1) is 68.0. The molecule has 30 heteroatoms. The Morgan fingerprint density at radius 2 is 0.714 bits per heavy atom. The highest BCUT2D eigenvalue weighted by Gasteiger charge is 2.47. The van der Waals surface area contributed by atoms with Crippen LogP contribution in [0.25, 0.3) is 0 Å². The summed E-state index contributed by atoms with van der Waals surface area (Å²) in [7, 11) is 13.1. The van der Waals surface area contributed by atoms with Crippen LogP contribution in [0.4, 0.5) is 22.9 Å². The van der Waals surface area contributed by atoms with Gasteiger partial charge in [0.2, 0.25) is 5.91 Å². The van der Waals surface area contributed by atoms with Crippen LogP contribution >= 0.6 is 0 Å². The Morgan fingerprint density at radius 1 is 0.379 bits per heavy atom. The zero-order valence-corrected chi connectivity index (χ0v) is 82.0. The average Bonchev–Trinajstić information content (AvgIpc) is 1.60. The molecule has 17 rings (SSSR count). The summed E-state index contributed by atoms with van der Waals surface area (Å²) in [6.45, 7) is 19.7. The number of hydrogen-bond donors (Lipinski definition) is 3. The second-order valence-electron chi connectivity index (χ2n) is 36.0. The number of amides is 8. The van der Waals surface area contributed by atoms with Crippen LogP contribution in [-0.4, -0.2) is 253 Å². The number of aromatic nitrogens is 2. The van der Waals surface area contributed by atoms with E-state index in [-0.39, 0.29) is 53.3 Å². The summed E-state index contributed by atoms with van der Waals surface area (Å²) in [5, 5.41) is 12.9. The molecule has 0 radical (unpaired) electrons. The van der Waals surface area contributed by atoms with E-state index in [0.29, 0.717) is 156 Å². The van der Waals surface area contributed by atoms with Gasteiger partial charge in [-0.05, 0) is 199 Å². The highest BCUT2D eigenvalue weighted by Crippen LogP contribution is 2.46. The molecule has 732 valence electrons. The maximum atomic E-state index is 14.4. The molecule has 0 unspecified atom stereocenters. The molecule has 0 aliphatic carbocycles. The first kappa shape index (κ1) is 100. The zero-order valence-electron chi connectivity index (χ0n) is 82.0. The Bertz CT molecular complexity index is 6150. The maximum Gasteiger partial charge on any atom is 0.264 e. The standard InChI is InChI=1S/C37H41N5O6.C37H41N5O4.C36H45N5O5/c1-24(26-10-6-5-7-11-26)40-18-20-41(21-19-40)31-13-8-12-28-34(31)37(45)42(36(28)44)30(27-15-16-32(46-3)33(22-27)47-4)14-9-17-38-35(43)29-23-39-48-25(29)2;1-26(27-11-5-4-6-12-27)40-21-23-41(24-22-40)31-14-9-13-29-35(31)37(44)42(36(29)43)30(15-10-20-39-34-16-7-8-19-38-34)28-17-18-32(45-2)33(25-28)46-3;1-25(26-11-7-6-8-12-26)39-19-21-40(22-20-39)30-14-9-13-28-34(30)36(44)41(35(28)43)29(15-10-18-37-33(42)24-38(2)3)27-16-17-31(45-4)32(23-27)46-5/h5-8,10-13,15-16,22-24,30H,9,14,17-21H2,1-4H3,(H,38,43);4-9,11-14,16-19,25-26,30H,10,15,20-24H2,1-3H3,(H,38,39);6-9,11-14,16-17,23,25,29H,10,15,18-22,24H2,1-5H3,(H,37,42)/t24-,30-;26-,30-;25-,29-/m111/s1. The molecule has 6 aliphatic rings. The molecule has 6 aliphatic heterocycles. The van der Waals surface area contributed by atoms with Crippen LogP contribution in [0.5, 0.6) is 34.5 Å². The summed E-state index contributed by atoms with van der Waals surface area (Å²) in [4.78, 5) is 135. The number of carbonyl (C=O) groups is 8. The number of ether oxygens (including phenoxy) is 6. The van der Waals surface area contributed by atoms with Crippen molar-refractivity contribution in [2.24, 2.45) is 0 Å². The van der Waals surface area contributed by atoms with Gasteiger partial charge in [0.05, 0.1) is 124 Å². The molecular weight excluding hydrogens is 1770 g/mol. The lowest BCUT2D eigenvalue weighted by atomic mass is 9.99. The minimum absolute atomic E-state index is 0.0729. The second-order valence-corrected chi connectivity index (χ2v) is 36.0. The number of likely N-dealkylation sites (N-methyl/N-ethyl adjacent to an activating group) is 1. The quantitative estimate of drug-likeness (QED) is 0.0241. The zero-order chi connectivity index (χ0) is 98.6. The molecule has 3 N–H and O–H groups in total. The van der Waals surface area contributed by atoms with Crippen molar-refractivity contribution in [3.63, 3.8) is 0 Å². The molecule has 11 aromatic rings. The molecule has 2 aromatic heterocycles. The van der Waals surface area contributed by atoms with E-state index in [1.807, 2.05) is 128 Å². The van der Waals surface area contributed by atoms with Gasteiger partial charge in [0.1, 0.15) is 17.1 Å². The molecule has 0 bridgehead atoms. The van der Waals surface area contributed by atoms with E-state index in [4.69, 9.17) is 32.9 Å². The van der Waals surface area contributed by atoms with Gasteiger partial charge in [-0.15, -0.1) is 0 Å². The molecule has 30 nitrogen and oxygen atoms in total. The van der Waals surface area contributed by atoms with Crippen LogP contribution in [0.15, 0.2) is 235 Å². The SMILES string of the molecule is COc1ccc([C@@H](CCCNC(=O)CN(C)C)N2C(=O)c3cccc(N4CCN([C@H](C)c5ccccc5)CC4)c3C2=O)cc1OC.COc1ccc([C@@H](CCCNC(=O)c2cnoc2C)N2C(=O)c3cccc(N4CCN([C@H](C)c5ccccc5)CC4)c3C2=O)cc1OC.COc1ccc([C@@H](CCCNc2ccccn2)N2C(=O)c3cccc(N4CCN([C@H](C)c5ccccc5)CC4)c3C2=O)cc1OC. The first-order valence-electron chi connectivity index (χ1n) is 48.1. The Morgan fingerprint density at radius 3 is 1.03 bits per heavy atom. The number of nitrogens with zero attached hydrogens (tertiary/aromatic N) is 12. The van der Waals surface area contributed by atoms with Crippen LogP contribution in [-0.2, 0) is 4.79 Å². The highest BCUT2D eigenvalue weighted by atomic mass is 16.5. The fourth-order valence-corrected chi connectivity index (χ4v) is 19.8. The van der Waals surface area contributed by atoms with Crippen molar-refractivity contribution >= 4 is 70.1 Å². The summed E-state index contributed by atoms with van der Waals surface area (Å²) < 4.78 is 38.1. The molecule has 140 heavy (non-hydrogen) atoms. The van der Waals surface area contributed by atoms with Gasteiger partial charge < -0.3 is 68.5 Å². The van der Waals surface area contributed by atoms with E-state index in [2.05, 4.69) is 149 Å². The normalized spacial score (nSPS) is 16.2. The third kappa shape index (κ3) is 22.4. The summed E-state index contributed by atoms with van der Waals surface area (Å²) >= 11 is 0. The number of fused-ring (bicyclic) bond motifs is 3. The third-order valence-electron chi connectivity index (χ3n) is 27.5. The largest absolute Gasteiger partial charge is 0.493 e. The minimum Gasteiger partial charge on any atom is -0.493 e. The van der Waals surface area contributed by atoms with E-state index >= 15 is 0 Å². The molecule has 3 fully saturated rings. The van der Waals surface area contributed by atoms with Crippen molar-refractivity contribution in [3.05, 3.63) is 309 Å². The summed E-state index contributed by atoms with van der Waals surface area (Å²) in [5.74, 6) is 2.32. The summed E-state index contributed by atoms with van der Waals surface area (Å²) in [5.41, 5.74) is 11.6. The van der Waals surface area contributed by atoms with Crippen LogP contribution in [0.3, 0.4) is 0 Å². The lowest BCUT2D eigenvalue weighted by Gasteiger charge is -2.39. The molecule has 0 saturated carbocycles. The van der Waals surface area contributed by atoms with Crippen molar-refractivity contribution in [3.8, 4) is 34.5 Å². The van der Waals surface area contributed by atoms with Gasteiger partial charge in [0.25, 0.3) is 41.4 Å². The second kappa shape index (κ2) is 46.8. The fourth-order valence-electron chi connectivity index (χ4n) is 19.8.